The molecule has 0 spiro atoms. The maximum absolute atomic E-state index is 4.66. The van der Waals surface area contributed by atoms with Gasteiger partial charge in [0.05, 0.1) is 0 Å². The van der Waals surface area contributed by atoms with Crippen LogP contribution in [0.25, 0.3) is 0 Å². The van der Waals surface area contributed by atoms with E-state index in [1.54, 1.807) is 0 Å². The molecule has 0 aromatic heterocycles. The van der Waals surface area contributed by atoms with E-state index in [2.05, 4.69) is 50.5 Å². The van der Waals surface area contributed by atoms with Gasteiger partial charge in [-0.1, -0.05) is 0 Å². The second kappa shape index (κ2) is 6.71. The molecule has 0 aromatic carbocycles. The summed E-state index contributed by atoms with van der Waals surface area (Å²) < 4.78 is 0. The smallest absolute Gasteiger partial charge is 0.0136 e. The van der Waals surface area contributed by atoms with Crippen LogP contribution in [0.4, 0.5) is 0 Å². The van der Waals surface area contributed by atoms with E-state index in [1.165, 1.54) is 44.9 Å². The SMILES string of the molecule is SC1CCC(CC2CCC(S)C(S)C2)CC1S. The molecule has 6 unspecified atom stereocenters. The summed E-state index contributed by atoms with van der Waals surface area (Å²) in [5.74, 6) is 1.76. The van der Waals surface area contributed by atoms with E-state index in [0.29, 0.717) is 21.0 Å². The Labute approximate surface area is 128 Å². The Morgan fingerprint density at radius 2 is 1.00 bits per heavy atom. The average Bonchev–Trinajstić information content (AvgIpc) is 2.29. The van der Waals surface area contributed by atoms with Crippen LogP contribution < -0.4 is 0 Å². The van der Waals surface area contributed by atoms with Crippen molar-refractivity contribution in [3.63, 3.8) is 0 Å². The zero-order valence-corrected chi connectivity index (χ0v) is 13.8. The maximum Gasteiger partial charge on any atom is 0.0136 e. The minimum atomic E-state index is 0.505. The Morgan fingerprint density at radius 1 is 0.588 bits per heavy atom. The Hall–Kier alpha value is 1.40. The lowest BCUT2D eigenvalue weighted by molar-refractivity contribution is 0.256. The van der Waals surface area contributed by atoms with Gasteiger partial charge in [-0.25, -0.2) is 0 Å². The molecule has 0 radical (unpaired) electrons. The van der Waals surface area contributed by atoms with E-state index in [4.69, 9.17) is 0 Å². The predicted octanol–water partition coefficient (Wildman–Crippen LogP) is 4.17. The number of hydrogen-bond acceptors (Lipinski definition) is 4. The molecule has 2 saturated carbocycles. The molecule has 4 heteroatoms. The van der Waals surface area contributed by atoms with Gasteiger partial charge in [-0.3, -0.25) is 0 Å². The van der Waals surface area contributed by atoms with Crippen molar-refractivity contribution in [1.29, 1.82) is 0 Å². The van der Waals surface area contributed by atoms with Gasteiger partial charge in [-0.2, -0.15) is 50.5 Å². The normalized spacial score (nSPS) is 48.0. The standard InChI is InChI=1S/C13H24S4/c14-10-3-1-8(6-12(10)16)5-9-2-4-11(15)13(17)7-9/h8-17H,1-7H2. The van der Waals surface area contributed by atoms with E-state index in [9.17, 15) is 0 Å². The predicted molar refractivity (Wildman–Crippen MR) is 90.4 cm³/mol. The van der Waals surface area contributed by atoms with Crippen LogP contribution in [-0.2, 0) is 0 Å². The van der Waals surface area contributed by atoms with E-state index in [1.807, 2.05) is 0 Å². The third-order valence-electron chi connectivity index (χ3n) is 4.45. The van der Waals surface area contributed by atoms with Gasteiger partial charge >= 0.3 is 0 Å². The highest BCUT2D eigenvalue weighted by Crippen LogP contribution is 2.39. The molecular formula is C13H24S4. The number of rotatable bonds is 2. The number of thiol groups is 4. The Bertz CT molecular complexity index is 222. The first kappa shape index (κ1) is 14.8. The van der Waals surface area contributed by atoms with Crippen molar-refractivity contribution in [1.82, 2.24) is 0 Å². The van der Waals surface area contributed by atoms with Crippen LogP contribution in [0, 0.1) is 11.8 Å². The van der Waals surface area contributed by atoms with Crippen LogP contribution in [0.1, 0.15) is 44.9 Å². The first-order chi connectivity index (χ1) is 8.06. The fourth-order valence-corrected chi connectivity index (χ4v) is 4.77. The molecule has 6 atom stereocenters. The summed E-state index contributed by atoms with van der Waals surface area (Å²) >= 11 is 18.5. The van der Waals surface area contributed by atoms with E-state index in [-0.39, 0.29) is 0 Å². The summed E-state index contributed by atoms with van der Waals surface area (Å²) in [5.41, 5.74) is 0. The fraction of sp³-hybridized carbons (Fsp3) is 1.00. The molecule has 0 amide bonds. The van der Waals surface area contributed by atoms with E-state index >= 15 is 0 Å². The number of hydrogen-bond donors (Lipinski definition) is 4. The quantitative estimate of drug-likeness (QED) is 0.541. The van der Waals surface area contributed by atoms with Crippen molar-refractivity contribution < 1.29 is 0 Å². The maximum atomic E-state index is 4.66. The third-order valence-corrected chi connectivity index (χ3v) is 7.29. The molecule has 0 aromatic rings. The monoisotopic (exact) mass is 308 g/mol. The molecule has 0 heterocycles. The molecule has 0 bridgehead atoms. The second-order valence-electron chi connectivity index (χ2n) is 5.86. The molecule has 2 aliphatic rings. The summed E-state index contributed by atoms with van der Waals surface area (Å²) in [5, 5.41) is 2.04. The van der Waals surface area contributed by atoms with Crippen molar-refractivity contribution in [3.05, 3.63) is 0 Å². The highest BCUT2D eigenvalue weighted by molar-refractivity contribution is 7.85. The summed E-state index contributed by atoms with van der Waals surface area (Å²) in [7, 11) is 0. The summed E-state index contributed by atoms with van der Waals surface area (Å²) in [4.78, 5) is 0. The molecule has 2 rings (SSSR count). The van der Waals surface area contributed by atoms with Crippen LogP contribution in [0.15, 0.2) is 0 Å². The van der Waals surface area contributed by atoms with Crippen LogP contribution in [0.2, 0.25) is 0 Å². The molecule has 0 saturated heterocycles. The zero-order valence-electron chi connectivity index (χ0n) is 10.2. The first-order valence-electron chi connectivity index (χ1n) is 6.78. The summed E-state index contributed by atoms with van der Waals surface area (Å²) in [6, 6.07) is 0. The third kappa shape index (κ3) is 4.19. The molecule has 0 nitrogen and oxygen atoms in total. The van der Waals surface area contributed by atoms with Crippen molar-refractivity contribution >= 4 is 50.5 Å². The lowest BCUT2D eigenvalue weighted by Crippen LogP contribution is -2.30. The fourth-order valence-electron chi connectivity index (χ4n) is 3.33. The molecule has 2 aliphatic carbocycles. The lowest BCUT2D eigenvalue weighted by atomic mass is 9.77. The van der Waals surface area contributed by atoms with Crippen LogP contribution in [0.3, 0.4) is 0 Å². The summed E-state index contributed by atoms with van der Waals surface area (Å²) in [6.07, 6.45) is 9.09. The van der Waals surface area contributed by atoms with Crippen molar-refractivity contribution in [2.45, 2.75) is 65.9 Å². The largest absolute Gasteiger partial charge is 0.175 e. The Morgan fingerprint density at radius 3 is 1.35 bits per heavy atom. The van der Waals surface area contributed by atoms with Gasteiger partial charge < -0.3 is 0 Å². The molecule has 0 aliphatic heterocycles. The van der Waals surface area contributed by atoms with Crippen LogP contribution in [0.5, 0.6) is 0 Å². The first-order valence-corrected chi connectivity index (χ1v) is 8.85. The lowest BCUT2D eigenvalue weighted by Gasteiger charge is -2.36. The van der Waals surface area contributed by atoms with Gasteiger partial charge in [-0.05, 0) is 56.8 Å². The van der Waals surface area contributed by atoms with Gasteiger partial charge in [0.15, 0.2) is 0 Å². The molecule has 0 N–H and O–H groups in total. The molecule has 100 valence electrons. The minimum absolute atomic E-state index is 0.505. The van der Waals surface area contributed by atoms with Crippen LogP contribution in [-0.4, -0.2) is 21.0 Å². The summed E-state index contributed by atoms with van der Waals surface area (Å²) in [6.45, 7) is 0. The van der Waals surface area contributed by atoms with Gasteiger partial charge in [0.25, 0.3) is 0 Å². The highest BCUT2D eigenvalue weighted by atomic mass is 32.1. The van der Waals surface area contributed by atoms with E-state index < -0.39 is 0 Å². The molecular weight excluding hydrogens is 284 g/mol. The highest BCUT2D eigenvalue weighted by Gasteiger charge is 2.31. The average molecular weight is 309 g/mol. The van der Waals surface area contributed by atoms with Crippen molar-refractivity contribution in [2.75, 3.05) is 0 Å². The van der Waals surface area contributed by atoms with Crippen LogP contribution >= 0.6 is 50.5 Å². The van der Waals surface area contributed by atoms with Gasteiger partial charge in [0.1, 0.15) is 0 Å². The van der Waals surface area contributed by atoms with E-state index in [0.717, 1.165) is 11.8 Å². The zero-order chi connectivity index (χ0) is 12.4. The molecule has 2 fully saturated rings. The van der Waals surface area contributed by atoms with Gasteiger partial charge in [0.2, 0.25) is 0 Å². The minimum Gasteiger partial charge on any atom is -0.175 e. The topological polar surface area (TPSA) is 0 Å². The van der Waals surface area contributed by atoms with Gasteiger partial charge in [0, 0.05) is 21.0 Å². The Kier molecular flexibility index (Phi) is 5.85. The van der Waals surface area contributed by atoms with Crippen molar-refractivity contribution in [2.24, 2.45) is 11.8 Å². The van der Waals surface area contributed by atoms with Crippen molar-refractivity contribution in [3.8, 4) is 0 Å². The Balaban J connectivity index is 1.78. The second-order valence-corrected chi connectivity index (χ2v) is 8.52. The molecule has 17 heavy (non-hydrogen) atoms. The van der Waals surface area contributed by atoms with Gasteiger partial charge in [-0.15, -0.1) is 0 Å².